The average Bonchev–Trinajstić information content (AvgIpc) is 3.00. The zero-order valence-electron chi connectivity index (χ0n) is 11.5. The summed E-state index contributed by atoms with van der Waals surface area (Å²) in [4.78, 5) is 18.7. The number of aromatic amines is 1. The normalized spacial score (nSPS) is 10.7. The Morgan fingerprint density at radius 2 is 2.09 bits per heavy atom. The first-order chi connectivity index (χ1) is 10.6. The van der Waals surface area contributed by atoms with E-state index in [1.807, 2.05) is 12.1 Å². The van der Waals surface area contributed by atoms with Gasteiger partial charge >= 0.3 is 5.97 Å². The second kappa shape index (κ2) is 5.91. The molecule has 5 nitrogen and oxygen atoms in total. The number of hydrogen-bond acceptors (Lipinski definition) is 4. The molecule has 0 saturated heterocycles. The molecule has 1 heterocycles. The van der Waals surface area contributed by atoms with E-state index in [0.717, 1.165) is 3.57 Å². The Labute approximate surface area is 139 Å². The lowest BCUT2D eigenvalue weighted by Gasteiger charge is -2.12. The maximum atomic E-state index is 14.7. The van der Waals surface area contributed by atoms with Crippen molar-refractivity contribution in [2.75, 3.05) is 12.4 Å². The molecule has 0 saturated carbocycles. The van der Waals surface area contributed by atoms with Crippen LogP contribution in [0.15, 0.2) is 36.7 Å². The molecule has 0 spiro atoms. The van der Waals surface area contributed by atoms with Crippen LogP contribution in [0.3, 0.4) is 0 Å². The molecule has 22 heavy (non-hydrogen) atoms. The molecule has 0 bridgehead atoms. The summed E-state index contributed by atoms with van der Waals surface area (Å²) in [5, 5.41) is 2.93. The van der Waals surface area contributed by atoms with Gasteiger partial charge in [-0.2, -0.15) is 0 Å². The topological polar surface area (TPSA) is 67.0 Å². The zero-order valence-corrected chi connectivity index (χ0v) is 13.6. The van der Waals surface area contributed by atoms with Crippen LogP contribution in [-0.4, -0.2) is 23.0 Å². The summed E-state index contributed by atoms with van der Waals surface area (Å²) in [5.41, 5.74) is 1.43. The third-order valence-electron chi connectivity index (χ3n) is 3.17. The number of ether oxygens (including phenoxy) is 1. The minimum absolute atomic E-state index is 0.0488. The maximum absolute atomic E-state index is 14.7. The summed E-state index contributed by atoms with van der Waals surface area (Å²) >= 11 is 2.18. The second-order valence-electron chi connectivity index (χ2n) is 4.54. The molecular formula is C15H11FIN3O2. The van der Waals surface area contributed by atoms with Crippen LogP contribution in [0.25, 0.3) is 11.0 Å². The van der Waals surface area contributed by atoms with Gasteiger partial charge in [-0.25, -0.2) is 14.2 Å². The Hall–Kier alpha value is -2.16. The van der Waals surface area contributed by atoms with E-state index in [9.17, 15) is 9.18 Å². The highest BCUT2D eigenvalue weighted by Crippen LogP contribution is 2.30. The van der Waals surface area contributed by atoms with Crippen LogP contribution < -0.4 is 5.32 Å². The average molecular weight is 411 g/mol. The second-order valence-corrected chi connectivity index (χ2v) is 5.78. The summed E-state index contributed by atoms with van der Waals surface area (Å²) in [6, 6.07) is 8.89. The number of carbonyl (C=O) groups excluding carboxylic acids is 1. The van der Waals surface area contributed by atoms with Crippen molar-refractivity contribution in [2.24, 2.45) is 0 Å². The van der Waals surface area contributed by atoms with Gasteiger partial charge in [0.05, 0.1) is 30.2 Å². The van der Waals surface area contributed by atoms with Gasteiger partial charge in [-0.05, 0) is 52.9 Å². The number of halogens is 2. The van der Waals surface area contributed by atoms with Crippen LogP contribution in [0, 0.1) is 9.39 Å². The number of imidazole rings is 1. The number of aromatic nitrogens is 2. The van der Waals surface area contributed by atoms with Crippen LogP contribution in [0.5, 0.6) is 0 Å². The van der Waals surface area contributed by atoms with E-state index >= 15 is 0 Å². The maximum Gasteiger partial charge on any atom is 0.340 e. The van der Waals surface area contributed by atoms with E-state index in [-0.39, 0.29) is 16.8 Å². The number of rotatable bonds is 3. The van der Waals surface area contributed by atoms with Crippen molar-refractivity contribution in [3.05, 3.63) is 51.6 Å². The molecule has 0 aliphatic heterocycles. The molecule has 2 aromatic carbocycles. The Balaban J connectivity index is 2.14. The van der Waals surface area contributed by atoms with E-state index < -0.39 is 11.8 Å². The third-order valence-corrected chi connectivity index (χ3v) is 3.89. The SMILES string of the molecule is COC(=O)c1cc2[nH]cnc2c(F)c1Nc1ccc(I)cc1. The minimum atomic E-state index is -0.622. The van der Waals surface area contributed by atoms with Gasteiger partial charge in [0.2, 0.25) is 0 Å². The number of anilines is 2. The fourth-order valence-corrected chi connectivity index (χ4v) is 2.47. The number of hydrogen-bond donors (Lipinski definition) is 2. The molecule has 2 N–H and O–H groups in total. The van der Waals surface area contributed by atoms with Crippen molar-refractivity contribution >= 4 is 51.0 Å². The van der Waals surface area contributed by atoms with E-state index in [2.05, 4.69) is 37.9 Å². The smallest absolute Gasteiger partial charge is 0.340 e. The predicted molar refractivity (Wildman–Crippen MR) is 89.8 cm³/mol. The Kier molecular flexibility index (Phi) is 3.97. The standard InChI is InChI=1S/C15H11FIN3O2/c1-22-15(21)10-6-11-14(19-7-18-11)12(16)13(10)20-9-4-2-8(17)3-5-9/h2-7,20H,1H3,(H,18,19). The van der Waals surface area contributed by atoms with Crippen molar-refractivity contribution < 1.29 is 13.9 Å². The molecule has 112 valence electrons. The lowest BCUT2D eigenvalue weighted by Crippen LogP contribution is -2.08. The molecule has 0 fully saturated rings. The Bertz CT molecular complexity index is 846. The first-order valence-corrected chi connectivity index (χ1v) is 7.44. The fraction of sp³-hybridized carbons (Fsp3) is 0.0667. The van der Waals surface area contributed by atoms with Crippen molar-refractivity contribution in [1.29, 1.82) is 0 Å². The van der Waals surface area contributed by atoms with Crippen molar-refractivity contribution in [1.82, 2.24) is 9.97 Å². The number of H-pyrrole nitrogens is 1. The van der Waals surface area contributed by atoms with Gasteiger partial charge in [0, 0.05) is 9.26 Å². The first kappa shape index (κ1) is 14.8. The summed E-state index contributed by atoms with van der Waals surface area (Å²) in [7, 11) is 1.26. The highest BCUT2D eigenvalue weighted by molar-refractivity contribution is 14.1. The molecule has 0 atom stereocenters. The molecule has 0 amide bonds. The summed E-state index contributed by atoms with van der Waals surface area (Å²) in [5.74, 6) is -1.22. The van der Waals surface area contributed by atoms with Gasteiger partial charge in [-0.15, -0.1) is 0 Å². The highest BCUT2D eigenvalue weighted by Gasteiger charge is 2.21. The lowest BCUT2D eigenvalue weighted by molar-refractivity contribution is 0.0601. The third kappa shape index (κ3) is 2.63. The number of nitrogens with one attached hydrogen (secondary N) is 2. The monoisotopic (exact) mass is 411 g/mol. The van der Waals surface area contributed by atoms with Gasteiger partial charge in [0.15, 0.2) is 5.82 Å². The van der Waals surface area contributed by atoms with Gasteiger partial charge in [0.25, 0.3) is 0 Å². The largest absolute Gasteiger partial charge is 0.465 e. The van der Waals surface area contributed by atoms with Crippen molar-refractivity contribution in [3.8, 4) is 0 Å². The minimum Gasteiger partial charge on any atom is -0.465 e. The summed E-state index contributed by atoms with van der Waals surface area (Å²) in [6.07, 6.45) is 1.38. The number of methoxy groups -OCH3 is 1. The molecule has 1 aromatic heterocycles. The van der Waals surface area contributed by atoms with Crippen LogP contribution in [-0.2, 0) is 4.74 Å². The van der Waals surface area contributed by atoms with Gasteiger partial charge in [-0.1, -0.05) is 0 Å². The fourth-order valence-electron chi connectivity index (χ4n) is 2.11. The molecule has 0 aliphatic carbocycles. The molecule has 3 aromatic rings. The molecule has 0 radical (unpaired) electrons. The molecule has 0 unspecified atom stereocenters. The van der Waals surface area contributed by atoms with Crippen molar-refractivity contribution in [2.45, 2.75) is 0 Å². The van der Waals surface area contributed by atoms with Crippen molar-refractivity contribution in [3.63, 3.8) is 0 Å². The van der Waals surface area contributed by atoms with Crippen LogP contribution >= 0.6 is 22.6 Å². The number of carbonyl (C=O) groups is 1. The van der Waals surface area contributed by atoms with Crippen LogP contribution in [0.4, 0.5) is 15.8 Å². The molecular weight excluding hydrogens is 400 g/mol. The highest BCUT2D eigenvalue weighted by atomic mass is 127. The van der Waals surface area contributed by atoms with E-state index in [1.165, 1.54) is 19.5 Å². The first-order valence-electron chi connectivity index (χ1n) is 6.36. The number of esters is 1. The van der Waals surface area contributed by atoms with E-state index in [0.29, 0.717) is 11.2 Å². The summed E-state index contributed by atoms with van der Waals surface area (Å²) in [6.45, 7) is 0. The predicted octanol–water partition coefficient (Wildman–Crippen LogP) is 3.84. The lowest BCUT2D eigenvalue weighted by atomic mass is 10.1. The zero-order chi connectivity index (χ0) is 15.7. The molecule has 7 heteroatoms. The Morgan fingerprint density at radius 1 is 1.36 bits per heavy atom. The molecule has 0 aliphatic rings. The van der Waals surface area contributed by atoms with Crippen LogP contribution in [0.1, 0.15) is 10.4 Å². The van der Waals surface area contributed by atoms with E-state index in [4.69, 9.17) is 4.74 Å². The van der Waals surface area contributed by atoms with Gasteiger partial charge in [0.1, 0.15) is 5.52 Å². The number of benzene rings is 2. The quantitative estimate of drug-likeness (QED) is 0.508. The summed E-state index contributed by atoms with van der Waals surface area (Å²) < 4.78 is 20.5. The van der Waals surface area contributed by atoms with E-state index in [1.54, 1.807) is 12.1 Å². The van der Waals surface area contributed by atoms with Gasteiger partial charge in [-0.3, -0.25) is 0 Å². The molecule has 3 rings (SSSR count). The van der Waals surface area contributed by atoms with Gasteiger partial charge < -0.3 is 15.0 Å². The number of fused-ring (bicyclic) bond motifs is 1. The van der Waals surface area contributed by atoms with Crippen LogP contribution in [0.2, 0.25) is 0 Å². The Morgan fingerprint density at radius 3 is 2.77 bits per heavy atom. The number of nitrogens with zero attached hydrogens (tertiary/aromatic N) is 1.